The van der Waals surface area contributed by atoms with Crippen molar-refractivity contribution in [2.75, 3.05) is 27.2 Å². The number of nitrogens with one attached hydrogen (secondary N) is 2. The number of nitrogens with zero attached hydrogens (tertiary/aromatic N) is 3. The number of methoxy groups -OCH3 is 1. The quantitative estimate of drug-likeness (QED) is 0.406. The summed E-state index contributed by atoms with van der Waals surface area (Å²) >= 11 is 0. The van der Waals surface area contributed by atoms with Gasteiger partial charge in [-0.2, -0.15) is 0 Å². The van der Waals surface area contributed by atoms with E-state index in [1.54, 1.807) is 30.3 Å². The molecular formula is C25H28F3N5O4. The Balaban J connectivity index is 0.000000469. The molecule has 5 rings (SSSR count). The van der Waals surface area contributed by atoms with E-state index in [4.69, 9.17) is 4.74 Å². The number of imidazole rings is 1. The molecule has 1 aliphatic heterocycles. The number of aromatic nitrogens is 4. The number of benzene rings is 2. The highest BCUT2D eigenvalue weighted by Gasteiger charge is 2.32. The molecule has 2 aromatic carbocycles. The summed E-state index contributed by atoms with van der Waals surface area (Å²) in [4.78, 5) is 30.1. The second kappa shape index (κ2) is 11.1. The number of hydrogen-bond donors (Lipinski definition) is 2. The second-order valence-electron chi connectivity index (χ2n) is 8.76. The van der Waals surface area contributed by atoms with Crippen molar-refractivity contribution >= 4 is 11.2 Å². The second-order valence-corrected chi connectivity index (χ2v) is 8.76. The maximum absolute atomic E-state index is 12.9. The van der Waals surface area contributed by atoms with Crippen LogP contribution in [-0.4, -0.2) is 57.8 Å². The SMILES string of the molecule is CN1CCCC1.COCc1ccc(OC(F)(F)F)c(Cn2c(=O)[nH]c3c2c(=O)[nH]n3-c2ccccc2)c1. The predicted molar refractivity (Wildman–Crippen MR) is 132 cm³/mol. The van der Waals surface area contributed by atoms with Crippen molar-refractivity contribution in [2.45, 2.75) is 32.4 Å². The van der Waals surface area contributed by atoms with Crippen molar-refractivity contribution in [1.82, 2.24) is 24.2 Å². The molecule has 1 aliphatic rings. The minimum absolute atomic E-state index is 0.00366. The number of alkyl halides is 3. The van der Waals surface area contributed by atoms with Gasteiger partial charge in [0.1, 0.15) is 5.75 Å². The number of rotatable bonds is 6. The molecule has 37 heavy (non-hydrogen) atoms. The third-order valence-corrected chi connectivity index (χ3v) is 5.95. The predicted octanol–water partition coefficient (Wildman–Crippen LogP) is 3.61. The van der Waals surface area contributed by atoms with Gasteiger partial charge in [-0.15, -0.1) is 13.2 Å². The van der Waals surface area contributed by atoms with Crippen molar-refractivity contribution in [1.29, 1.82) is 0 Å². The standard InChI is InChI=1S/C20H17F3N4O4.C5H11N/c1-30-11-12-7-8-15(31-20(21,22)23)13(9-12)10-26-16-17(24-19(26)29)27(25-18(16)28)14-5-3-2-4-6-14;1-6-4-2-3-5-6/h2-9H,10-11H2,1H3,(H,24,29)(H,25,28);2-5H2,1H3. The van der Waals surface area contributed by atoms with Crippen LogP contribution < -0.4 is 16.0 Å². The van der Waals surface area contributed by atoms with Crippen molar-refractivity contribution in [3.63, 3.8) is 0 Å². The van der Waals surface area contributed by atoms with E-state index in [0.717, 1.165) is 10.6 Å². The Labute approximate surface area is 210 Å². The van der Waals surface area contributed by atoms with Gasteiger partial charge in [-0.1, -0.05) is 24.3 Å². The normalized spacial score (nSPS) is 14.1. The van der Waals surface area contributed by atoms with Gasteiger partial charge in [-0.05, 0) is 62.8 Å². The van der Waals surface area contributed by atoms with E-state index < -0.39 is 23.4 Å². The van der Waals surface area contributed by atoms with E-state index in [9.17, 15) is 22.8 Å². The summed E-state index contributed by atoms with van der Waals surface area (Å²) in [6.07, 6.45) is -2.09. The number of ether oxygens (including phenoxy) is 2. The minimum atomic E-state index is -4.91. The Morgan fingerprint density at radius 1 is 1.03 bits per heavy atom. The Bertz CT molecular complexity index is 1450. The Hall–Kier alpha value is -3.77. The van der Waals surface area contributed by atoms with Gasteiger partial charge in [0.15, 0.2) is 11.2 Å². The molecule has 12 heteroatoms. The first-order chi connectivity index (χ1) is 17.7. The summed E-state index contributed by atoms with van der Waals surface area (Å²) < 4.78 is 50.2. The van der Waals surface area contributed by atoms with Crippen molar-refractivity contribution in [3.05, 3.63) is 80.5 Å². The molecule has 198 valence electrons. The first-order valence-electron chi connectivity index (χ1n) is 11.7. The number of H-pyrrole nitrogens is 2. The number of hydrogen-bond acceptors (Lipinski definition) is 5. The summed E-state index contributed by atoms with van der Waals surface area (Å²) in [5.41, 5.74) is 0.256. The Kier molecular flexibility index (Phi) is 7.89. The van der Waals surface area contributed by atoms with Crippen LogP contribution >= 0.6 is 0 Å². The van der Waals surface area contributed by atoms with Gasteiger partial charge in [0.05, 0.1) is 18.8 Å². The highest BCUT2D eigenvalue weighted by Crippen LogP contribution is 2.28. The van der Waals surface area contributed by atoms with Crippen LogP contribution in [0, 0.1) is 0 Å². The van der Waals surface area contributed by atoms with Gasteiger partial charge < -0.3 is 14.4 Å². The number of fused-ring (bicyclic) bond motifs is 1. The molecule has 2 N–H and O–H groups in total. The molecule has 9 nitrogen and oxygen atoms in total. The van der Waals surface area contributed by atoms with Gasteiger partial charge in [-0.25, -0.2) is 9.48 Å². The van der Waals surface area contributed by atoms with Crippen LogP contribution in [0.15, 0.2) is 58.1 Å². The maximum atomic E-state index is 12.9. The topological polar surface area (TPSA) is 97.3 Å². The van der Waals surface area contributed by atoms with Crippen LogP contribution in [0.4, 0.5) is 13.2 Å². The van der Waals surface area contributed by atoms with Gasteiger partial charge in [0, 0.05) is 12.7 Å². The summed E-state index contributed by atoms with van der Waals surface area (Å²) in [5, 5.41) is 2.63. The fourth-order valence-corrected chi connectivity index (χ4v) is 4.26. The molecule has 1 saturated heterocycles. The maximum Gasteiger partial charge on any atom is 0.573 e. The first kappa shape index (κ1) is 26.3. The zero-order chi connectivity index (χ0) is 26.6. The molecule has 0 aliphatic carbocycles. The zero-order valence-corrected chi connectivity index (χ0v) is 20.5. The number of aromatic amines is 2. The molecule has 0 bridgehead atoms. The molecule has 0 unspecified atom stereocenters. The zero-order valence-electron chi connectivity index (χ0n) is 20.5. The molecule has 0 radical (unpaired) electrons. The fraction of sp³-hybridized carbons (Fsp3) is 0.360. The highest BCUT2D eigenvalue weighted by molar-refractivity contribution is 5.73. The van der Waals surface area contributed by atoms with Crippen LogP contribution in [0.5, 0.6) is 5.75 Å². The van der Waals surface area contributed by atoms with Crippen molar-refractivity contribution in [2.24, 2.45) is 0 Å². The molecule has 0 spiro atoms. The van der Waals surface area contributed by atoms with E-state index >= 15 is 0 Å². The van der Waals surface area contributed by atoms with E-state index in [-0.39, 0.29) is 29.9 Å². The molecule has 0 amide bonds. The van der Waals surface area contributed by atoms with Crippen LogP contribution in [0.3, 0.4) is 0 Å². The molecule has 2 aromatic heterocycles. The number of likely N-dealkylation sites (tertiary alicyclic amines) is 1. The van der Waals surface area contributed by atoms with Crippen LogP contribution in [-0.2, 0) is 17.9 Å². The lowest BCUT2D eigenvalue weighted by Crippen LogP contribution is -2.23. The van der Waals surface area contributed by atoms with Crippen LogP contribution in [0.1, 0.15) is 24.0 Å². The highest BCUT2D eigenvalue weighted by atomic mass is 19.4. The fourth-order valence-electron chi connectivity index (χ4n) is 4.26. The molecule has 4 aromatic rings. The molecule has 0 atom stereocenters. The molecule has 3 heterocycles. The van der Waals surface area contributed by atoms with Gasteiger partial charge in [0.2, 0.25) is 0 Å². The average Bonchev–Trinajstić information content (AvgIpc) is 3.54. The molecule has 1 fully saturated rings. The Morgan fingerprint density at radius 2 is 1.73 bits per heavy atom. The largest absolute Gasteiger partial charge is 0.573 e. The lowest BCUT2D eigenvalue weighted by molar-refractivity contribution is -0.274. The van der Waals surface area contributed by atoms with Gasteiger partial charge in [0.25, 0.3) is 5.56 Å². The summed E-state index contributed by atoms with van der Waals surface area (Å²) in [5.74, 6) is -0.465. The van der Waals surface area contributed by atoms with Crippen molar-refractivity contribution in [3.8, 4) is 11.4 Å². The van der Waals surface area contributed by atoms with E-state index in [1.807, 2.05) is 0 Å². The Morgan fingerprint density at radius 3 is 2.32 bits per heavy atom. The summed E-state index contributed by atoms with van der Waals surface area (Å²) in [6.45, 7) is 2.48. The van der Waals surface area contributed by atoms with Crippen molar-refractivity contribution < 1.29 is 22.6 Å². The third-order valence-electron chi connectivity index (χ3n) is 5.95. The number of halogens is 3. The van der Waals surface area contributed by atoms with Gasteiger partial charge in [-0.3, -0.25) is 19.4 Å². The average molecular weight is 520 g/mol. The summed E-state index contributed by atoms with van der Waals surface area (Å²) in [7, 11) is 3.62. The van der Waals surface area contributed by atoms with E-state index in [1.165, 1.54) is 49.9 Å². The van der Waals surface area contributed by atoms with Gasteiger partial charge >= 0.3 is 12.1 Å². The monoisotopic (exact) mass is 519 g/mol. The van der Waals surface area contributed by atoms with Crippen LogP contribution in [0.25, 0.3) is 16.9 Å². The van der Waals surface area contributed by atoms with E-state index in [2.05, 4.69) is 26.8 Å². The third kappa shape index (κ3) is 6.33. The summed E-state index contributed by atoms with van der Waals surface area (Å²) in [6, 6.07) is 12.8. The smallest absolute Gasteiger partial charge is 0.405 e. The number of para-hydroxylation sites is 1. The molecular weight excluding hydrogens is 491 g/mol. The lowest BCUT2D eigenvalue weighted by Gasteiger charge is -2.15. The van der Waals surface area contributed by atoms with E-state index in [0.29, 0.717) is 11.3 Å². The first-order valence-corrected chi connectivity index (χ1v) is 11.7. The minimum Gasteiger partial charge on any atom is -0.405 e. The van der Waals surface area contributed by atoms with Crippen LogP contribution in [0.2, 0.25) is 0 Å². The molecule has 0 saturated carbocycles. The lowest BCUT2D eigenvalue weighted by atomic mass is 10.1.